The summed E-state index contributed by atoms with van der Waals surface area (Å²) >= 11 is 0. The van der Waals surface area contributed by atoms with Crippen molar-refractivity contribution < 1.29 is 29.3 Å². The third-order valence-electron chi connectivity index (χ3n) is 6.71. The van der Waals surface area contributed by atoms with Gasteiger partial charge in [0.05, 0.1) is 6.61 Å². The standard InChI is InChI=1S/C28H28FNO5/c1-17-5-2-10-22(26(17)29)25-23(27(34)18-6-3-8-20(32)13-18)15-30(11-12-31)16-24(25)28(35)19-7-4-9-21(33)14-19/h2-10,13-14,23-25,31-33H,11-12,15-16H2,1H3/t23-,24-/m0/s1. The average Bonchev–Trinajstić information content (AvgIpc) is 2.85. The van der Waals surface area contributed by atoms with E-state index in [1.54, 1.807) is 49.4 Å². The topological polar surface area (TPSA) is 98.1 Å². The molecule has 0 bridgehead atoms. The molecule has 0 aliphatic carbocycles. The van der Waals surface area contributed by atoms with Crippen molar-refractivity contribution in [3.8, 4) is 11.5 Å². The largest absolute Gasteiger partial charge is 0.508 e. The van der Waals surface area contributed by atoms with Gasteiger partial charge in [-0.15, -0.1) is 0 Å². The third kappa shape index (κ3) is 5.11. The van der Waals surface area contributed by atoms with Crippen LogP contribution >= 0.6 is 0 Å². The highest BCUT2D eigenvalue weighted by Crippen LogP contribution is 2.42. The van der Waals surface area contributed by atoms with E-state index in [4.69, 9.17) is 0 Å². The van der Waals surface area contributed by atoms with Gasteiger partial charge in [-0.1, -0.05) is 42.5 Å². The average molecular weight is 478 g/mol. The molecule has 3 N–H and O–H groups in total. The molecule has 4 rings (SSSR count). The molecule has 1 saturated heterocycles. The minimum absolute atomic E-state index is 0.0652. The van der Waals surface area contributed by atoms with Crippen LogP contribution in [0, 0.1) is 24.6 Å². The Balaban J connectivity index is 1.86. The number of benzene rings is 3. The molecule has 182 valence electrons. The van der Waals surface area contributed by atoms with Crippen LogP contribution in [0.3, 0.4) is 0 Å². The minimum atomic E-state index is -0.806. The van der Waals surface area contributed by atoms with Crippen molar-refractivity contribution in [2.75, 3.05) is 26.2 Å². The number of aliphatic hydroxyl groups excluding tert-OH is 1. The lowest BCUT2D eigenvalue weighted by molar-refractivity contribution is 0.0524. The maximum absolute atomic E-state index is 15.5. The lowest BCUT2D eigenvalue weighted by Gasteiger charge is -2.43. The van der Waals surface area contributed by atoms with Gasteiger partial charge in [0.2, 0.25) is 0 Å². The highest BCUT2D eigenvalue weighted by Gasteiger charge is 2.45. The number of phenolic OH excluding ortho intramolecular Hbond substituents is 2. The number of rotatable bonds is 7. The maximum Gasteiger partial charge on any atom is 0.167 e. The van der Waals surface area contributed by atoms with Gasteiger partial charge in [0, 0.05) is 48.5 Å². The SMILES string of the molecule is Cc1cccc(C2[C@@H](C(=O)c3cccc(O)c3)CN(CCO)C[C@@H]2C(=O)c2cccc(O)c2)c1F. The van der Waals surface area contributed by atoms with Gasteiger partial charge in [-0.2, -0.15) is 0 Å². The fourth-order valence-electron chi connectivity index (χ4n) is 5.06. The number of halogens is 1. The Morgan fingerprint density at radius 1 is 0.886 bits per heavy atom. The van der Waals surface area contributed by atoms with Gasteiger partial charge in [0.25, 0.3) is 0 Å². The predicted molar refractivity (Wildman–Crippen MR) is 129 cm³/mol. The Labute approximate surface area is 203 Å². The molecule has 0 spiro atoms. The molecular formula is C28H28FNO5. The summed E-state index contributed by atoms with van der Waals surface area (Å²) in [5.41, 5.74) is 1.22. The smallest absolute Gasteiger partial charge is 0.167 e. The summed E-state index contributed by atoms with van der Waals surface area (Å²) in [5, 5.41) is 29.5. The molecule has 0 saturated carbocycles. The second kappa shape index (κ2) is 10.4. The highest BCUT2D eigenvalue weighted by molar-refractivity contribution is 6.02. The van der Waals surface area contributed by atoms with Crippen LogP contribution in [0.1, 0.15) is 37.8 Å². The summed E-state index contributed by atoms with van der Waals surface area (Å²) in [6, 6.07) is 16.9. The van der Waals surface area contributed by atoms with Gasteiger partial charge in [-0.25, -0.2) is 4.39 Å². The van der Waals surface area contributed by atoms with Crippen molar-refractivity contribution in [2.45, 2.75) is 12.8 Å². The van der Waals surface area contributed by atoms with Crippen molar-refractivity contribution in [1.82, 2.24) is 4.90 Å². The monoisotopic (exact) mass is 477 g/mol. The number of likely N-dealkylation sites (tertiary alicyclic amines) is 1. The van der Waals surface area contributed by atoms with E-state index in [-0.39, 0.29) is 66.0 Å². The highest BCUT2D eigenvalue weighted by atomic mass is 19.1. The van der Waals surface area contributed by atoms with Crippen LogP contribution < -0.4 is 0 Å². The van der Waals surface area contributed by atoms with Crippen molar-refractivity contribution in [3.63, 3.8) is 0 Å². The predicted octanol–water partition coefficient (Wildman–Crippen LogP) is 3.94. The number of ketones is 2. The Hall–Kier alpha value is -3.55. The normalized spacial score (nSPS) is 18.9. The van der Waals surface area contributed by atoms with Crippen LogP contribution in [0.4, 0.5) is 4.39 Å². The number of aliphatic hydroxyl groups is 1. The summed E-state index contributed by atoms with van der Waals surface area (Å²) in [5.74, 6) is -3.62. The van der Waals surface area contributed by atoms with E-state index in [2.05, 4.69) is 0 Å². The number of hydrogen-bond donors (Lipinski definition) is 3. The molecule has 6 nitrogen and oxygen atoms in total. The first kappa shape index (κ1) is 24.6. The van der Waals surface area contributed by atoms with E-state index in [0.29, 0.717) is 5.56 Å². The van der Waals surface area contributed by atoms with Gasteiger partial charge in [0.15, 0.2) is 11.6 Å². The Morgan fingerprint density at radius 2 is 1.40 bits per heavy atom. The molecule has 1 fully saturated rings. The van der Waals surface area contributed by atoms with E-state index in [1.807, 2.05) is 4.90 Å². The second-order valence-electron chi connectivity index (χ2n) is 9.03. The van der Waals surface area contributed by atoms with E-state index >= 15 is 4.39 Å². The third-order valence-corrected chi connectivity index (χ3v) is 6.71. The number of phenols is 2. The number of piperidine rings is 1. The van der Waals surface area contributed by atoms with Gasteiger partial charge in [-0.05, 0) is 42.3 Å². The van der Waals surface area contributed by atoms with Gasteiger partial charge in [-0.3, -0.25) is 14.5 Å². The first-order chi connectivity index (χ1) is 16.8. The second-order valence-corrected chi connectivity index (χ2v) is 9.03. The zero-order valence-electron chi connectivity index (χ0n) is 19.4. The van der Waals surface area contributed by atoms with E-state index in [1.165, 1.54) is 24.3 Å². The number of carbonyl (C=O) groups is 2. The van der Waals surface area contributed by atoms with Crippen LogP contribution in [0.25, 0.3) is 0 Å². The van der Waals surface area contributed by atoms with Crippen LogP contribution in [0.15, 0.2) is 66.7 Å². The van der Waals surface area contributed by atoms with Crippen molar-refractivity contribution >= 4 is 11.6 Å². The summed E-state index contributed by atoms with van der Waals surface area (Å²) in [6.07, 6.45) is 0. The number of β-amino-alcohol motifs (C(OH)–C–C–N with tert-alkyl or cyclic N) is 1. The molecule has 0 unspecified atom stereocenters. The lowest BCUT2D eigenvalue weighted by Crippen LogP contribution is -2.51. The van der Waals surface area contributed by atoms with E-state index in [9.17, 15) is 24.9 Å². The molecule has 1 aliphatic rings. The van der Waals surface area contributed by atoms with Crippen LogP contribution in [-0.4, -0.2) is 58.0 Å². The summed E-state index contributed by atoms with van der Waals surface area (Å²) in [4.78, 5) is 29.4. The molecule has 0 amide bonds. The van der Waals surface area contributed by atoms with Gasteiger partial charge >= 0.3 is 0 Å². The molecule has 1 aliphatic heterocycles. The number of aromatic hydroxyl groups is 2. The molecule has 2 atom stereocenters. The molecular weight excluding hydrogens is 449 g/mol. The van der Waals surface area contributed by atoms with E-state index in [0.717, 1.165) is 0 Å². The number of carbonyl (C=O) groups excluding carboxylic acids is 2. The molecule has 0 aromatic heterocycles. The molecule has 3 aromatic carbocycles. The number of hydrogen-bond acceptors (Lipinski definition) is 6. The maximum atomic E-state index is 15.5. The Bertz CT molecular complexity index is 1180. The zero-order chi connectivity index (χ0) is 25.1. The molecule has 35 heavy (non-hydrogen) atoms. The molecule has 3 aromatic rings. The minimum Gasteiger partial charge on any atom is -0.508 e. The Kier molecular flexibility index (Phi) is 7.28. The number of Topliss-reactive ketones (excluding diaryl/α,β-unsaturated/α-hetero) is 2. The zero-order valence-corrected chi connectivity index (χ0v) is 19.4. The Morgan fingerprint density at radius 3 is 1.89 bits per heavy atom. The van der Waals surface area contributed by atoms with Gasteiger partial charge < -0.3 is 15.3 Å². The summed E-state index contributed by atoms with van der Waals surface area (Å²) in [6.45, 7) is 2.16. The fourth-order valence-corrected chi connectivity index (χ4v) is 5.06. The molecule has 7 heteroatoms. The van der Waals surface area contributed by atoms with Crippen molar-refractivity contribution in [2.24, 2.45) is 11.8 Å². The summed E-state index contributed by atoms with van der Waals surface area (Å²) < 4.78 is 15.5. The van der Waals surface area contributed by atoms with Crippen LogP contribution in [-0.2, 0) is 0 Å². The number of aryl methyl sites for hydroxylation is 1. The fraction of sp³-hybridized carbons (Fsp3) is 0.286. The first-order valence-electron chi connectivity index (χ1n) is 11.5. The van der Waals surface area contributed by atoms with Crippen molar-refractivity contribution in [1.29, 1.82) is 0 Å². The molecule has 0 radical (unpaired) electrons. The lowest BCUT2D eigenvalue weighted by atomic mass is 9.68. The van der Waals surface area contributed by atoms with Gasteiger partial charge in [0.1, 0.15) is 17.3 Å². The summed E-state index contributed by atoms with van der Waals surface area (Å²) in [7, 11) is 0. The van der Waals surface area contributed by atoms with Crippen LogP contribution in [0.5, 0.6) is 11.5 Å². The molecule has 1 heterocycles. The quantitative estimate of drug-likeness (QED) is 0.446. The van der Waals surface area contributed by atoms with E-state index < -0.39 is 23.6 Å². The van der Waals surface area contributed by atoms with Crippen LogP contribution in [0.2, 0.25) is 0 Å². The first-order valence-corrected chi connectivity index (χ1v) is 11.5. The van der Waals surface area contributed by atoms with Crippen molar-refractivity contribution in [3.05, 3.63) is 94.8 Å². The number of nitrogens with zero attached hydrogens (tertiary/aromatic N) is 1.